The number of rotatable bonds is 3. The first-order valence-corrected chi connectivity index (χ1v) is 11.4. The minimum atomic E-state index is -0.537. The van der Waals surface area contributed by atoms with Crippen LogP contribution in [0, 0.1) is 17.7 Å². The van der Waals surface area contributed by atoms with Crippen molar-refractivity contribution in [3.63, 3.8) is 0 Å². The molecule has 0 spiro atoms. The number of piperidine rings is 1. The lowest BCUT2D eigenvalue weighted by molar-refractivity contribution is -0.126. The fraction of sp³-hybridized carbons (Fsp3) is 0.591. The maximum atomic E-state index is 15.0. The Bertz CT molecular complexity index is 834. The zero-order valence-electron chi connectivity index (χ0n) is 16.2. The summed E-state index contributed by atoms with van der Waals surface area (Å²) in [4.78, 5) is 14.5. The third kappa shape index (κ3) is 3.52. The fourth-order valence-corrected chi connectivity index (χ4v) is 6.78. The molecule has 1 aromatic carbocycles. The van der Waals surface area contributed by atoms with Crippen molar-refractivity contribution in [2.75, 3.05) is 13.1 Å². The molecule has 156 valence electrons. The van der Waals surface area contributed by atoms with E-state index in [9.17, 15) is 19.4 Å². The van der Waals surface area contributed by atoms with E-state index in [1.165, 1.54) is 11.8 Å². The Morgan fingerprint density at radius 1 is 1.24 bits per heavy atom. The number of likely N-dealkylation sites (tertiary alicyclic amines) is 1. The topological polar surface area (TPSA) is 72.8 Å². The van der Waals surface area contributed by atoms with E-state index in [4.69, 9.17) is 0 Å². The van der Waals surface area contributed by atoms with Gasteiger partial charge in [0, 0.05) is 43.1 Å². The van der Waals surface area contributed by atoms with Crippen LogP contribution in [0.3, 0.4) is 0 Å². The van der Waals surface area contributed by atoms with Crippen molar-refractivity contribution in [3.8, 4) is 0 Å². The second kappa shape index (κ2) is 7.69. The van der Waals surface area contributed by atoms with Crippen molar-refractivity contribution in [2.24, 2.45) is 11.8 Å². The van der Waals surface area contributed by atoms with Crippen LogP contribution < -0.4 is 5.32 Å². The summed E-state index contributed by atoms with van der Waals surface area (Å²) in [5, 5.41) is 25.6. The number of hydrogen-bond acceptors (Lipinski definition) is 5. The lowest BCUT2D eigenvalue weighted by atomic mass is 9.63. The van der Waals surface area contributed by atoms with Crippen LogP contribution in [0.5, 0.6) is 0 Å². The molecule has 3 heterocycles. The van der Waals surface area contributed by atoms with Gasteiger partial charge in [-0.15, -0.1) is 11.8 Å². The summed E-state index contributed by atoms with van der Waals surface area (Å²) in [6, 6.07) is 5.37. The third-order valence-corrected chi connectivity index (χ3v) is 8.21. The number of carbonyl (C=O) groups is 1. The first-order chi connectivity index (χ1) is 14.0. The van der Waals surface area contributed by atoms with E-state index >= 15 is 0 Å². The number of fused-ring (bicyclic) bond motifs is 3. The van der Waals surface area contributed by atoms with Gasteiger partial charge >= 0.3 is 0 Å². The average molecular weight is 419 g/mol. The van der Waals surface area contributed by atoms with E-state index in [0.717, 1.165) is 24.9 Å². The molecule has 1 aromatic rings. The molecule has 5 rings (SSSR count). The van der Waals surface area contributed by atoms with Crippen molar-refractivity contribution in [3.05, 3.63) is 46.6 Å². The van der Waals surface area contributed by atoms with E-state index < -0.39 is 6.10 Å². The van der Waals surface area contributed by atoms with Gasteiger partial charge in [0.1, 0.15) is 5.82 Å². The molecule has 7 unspecified atom stereocenters. The summed E-state index contributed by atoms with van der Waals surface area (Å²) >= 11 is 1.54. The Kier molecular flexibility index (Phi) is 5.18. The smallest absolute Gasteiger partial charge is 0.234 e. The molecule has 0 aromatic heterocycles. The highest BCUT2D eigenvalue weighted by Crippen LogP contribution is 2.50. The molecule has 3 fully saturated rings. The Morgan fingerprint density at radius 2 is 2.10 bits per heavy atom. The van der Waals surface area contributed by atoms with Crippen molar-refractivity contribution < 1.29 is 19.4 Å². The van der Waals surface area contributed by atoms with Crippen LogP contribution in [0.25, 0.3) is 0 Å². The number of aliphatic hydroxyl groups excluding tert-OH is 2. The summed E-state index contributed by atoms with van der Waals surface area (Å²) < 4.78 is 15.0. The second-order valence-corrected chi connectivity index (χ2v) is 9.91. The molecule has 5 nitrogen and oxygen atoms in total. The standard InChI is InChI=1S/C22H27FN2O3S/c23-16-9-12(1-2-13(16)10-25-7-5-14(26)11-25)19-18(27)4-3-17-20(19)15-6-8-29-21(15)22(28)24-17/h1-2,6,8-9,14-15,17-21,26-27H,3-5,7,10-11H2,(H,24,28). The van der Waals surface area contributed by atoms with Gasteiger partial charge < -0.3 is 15.5 Å². The SMILES string of the molecule is O=C1NC2CCC(O)C(c3ccc(CN4CCC(O)C4)c(F)c3)C2C2C=CSC12. The van der Waals surface area contributed by atoms with E-state index in [1.54, 1.807) is 6.07 Å². The van der Waals surface area contributed by atoms with Gasteiger partial charge in [-0.1, -0.05) is 18.2 Å². The number of β-amino-alcohol motifs (C(OH)–C–C–N with tert-alkyl or cyclic N) is 1. The van der Waals surface area contributed by atoms with E-state index in [0.29, 0.717) is 25.1 Å². The van der Waals surface area contributed by atoms with Crippen molar-refractivity contribution in [2.45, 2.75) is 55.2 Å². The summed E-state index contributed by atoms with van der Waals surface area (Å²) in [6.07, 6.45) is 3.34. The predicted molar refractivity (Wildman–Crippen MR) is 110 cm³/mol. The molecule has 7 heteroatoms. The molecule has 3 aliphatic heterocycles. The van der Waals surface area contributed by atoms with Crippen LogP contribution in [0.4, 0.5) is 4.39 Å². The van der Waals surface area contributed by atoms with Gasteiger partial charge in [0.25, 0.3) is 0 Å². The quantitative estimate of drug-likeness (QED) is 0.700. The monoisotopic (exact) mass is 418 g/mol. The largest absolute Gasteiger partial charge is 0.392 e. The van der Waals surface area contributed by atoms with E-state index in [1.807, 2.05) is 17.5 Å². The highest BCUT2D eigenvalue weighted by Gasteiger charge is 2.51. The first-order valence-electron chi connectivity index (χ1n) is 10.5. The highest BCUT2D eigenvalue weighted by molar-refractivity contribution is 8.03. The number of aliphatic hydroxyl groups is 2. The molecule has 2 saturated heterocycles. The number of carbonyl (C=O) groups excluding carboxylic acids is 1. The molecule has 1 aliphatic carbocycles. The highest BCUT2D eigenvalue weighted by atomic mass is 32.2. The summed E-state index contributed by atoms with van der Waals surface area (Å²) in [7, 11) is 0. The van der Waals surface area contributed by atoms with Crippen LogP contribution in [-0.2, 0) is 11.3 Å². The van der Waals surface area contributed by atoms with Crippen molar-refractivity contribution in [1.29, 1.82) is 0 Å². The zero-order valence-corrected chi connectivity index (χ0v) is 17.0. The van der Waals surface area contributed by atoms with Gasteiger partial charge in [-0.3, -0.25) is 9.69 Å². The first kappa shape index (κ1) is 19.5. The fourth-order valence-electron chi connectivity index (χ4n) is 5.69. The van der Waals surface area contributed by atoms with Crippen molar-refractivity contribution >= 4 is 17.7 Å². The Morgan fingerprint density at radius 3 is 2.86 bits per heavy atom. The number of amides is 1. The van der Waals surface area contributed by atoms with Gasteiger partial charge in [0.15, 0.2) is 0 Å². The molecule has 0 radical (unpaired) electrons. The van der Waals surface area contributed by atoms with Crippen LogP contribution in [-0.4, -0.2) is 57.6 Å². The number of hydrogen-bond donors (Lipinski definition) is 3. The molecular formula is C22H27FN2O3S. The van der Waals surface area contributed by atoms with E-state index in [2.05, 4.69) is 16.3 Å². The van der Waals surface area contributed by atoms with Crippen LogP contribution in [0.1, 0.15) is 36.3 Å². The van der Waals surface area contributed by atoms with E-state index in [-0.39, 0.29) is 46.9 Å². The number of nitrogens with zero attached hydrogens (tertiary/aromatic N) is 1. The number of allylic oxidation sites excluding steroid dienone is 1. The van der Waals surface area contributed by atoms with Gasteiger partial charge in [0.2, 0.25) is 5.91 Å². The average Bonchev–Trinajstić information content (AvgIpc) is 3.34. The Labute approximate surface area is 174 Å². The zero-order chi connectivity index (χ0) is 20.1. The summed E-state index contributed by atoms with van der Waals surface area (Å²) in [5.74, 6) is -0.219. The third-order valence-electron chi connectivity index (χ3n) is 7.08. The van der Waals surface area contributed by atoms with Crippen LogP contribution in [0.2, 0.25) is 0 Å². The van der Waals surface area contributed by atoms with Crippen LogP contribution in [0.15, 0.2) is 29.7 Å². The van der Waals surface area contributed by atoms with Gasteiger partial charge in [-0.2, -0.15) is 0 Å². The van der Waals surface area contributed by atoms with Gasteiger partial charge in [-0.25, -0.2) is 4.39 Å². The second-order valence-electron chi connectivity index (χ2n) is 8.85. The summed E-state index contributed by atoms with van der Waals surface area (Å²) in [6.45, 7) is 1.85. The number of benzene rings is 1. The maximum Gasteiger partial charge on any atom is 0.234 e. The molecule has 1 saturated carbocycles. The molecular weight excluding hydrogens is 391 g/mol. The number of thioether (sulfide) groups is 1. The molecule has 3 N–H and O–H groups in total. The molecule has 0 bridgehead atoms. The van der Waals surface area contributed by atoms with Gasteiger partial charge in [-0.05, 0) is 42.2 Å². The number of nitrogens with one attached hydrogen (secondary N) is 1. The Hall–Kier alpha value is -1.41. The summed E-state index contributed by atoms with van der Waals surface area (Å²) in [5.41, 5.74) is 1.44. The molecule has 4 aliphatic rings. The lowest BCUT2D eigenvalue weighted by Gasteiger charge is -2.48. The van der Waals surface area contributed by atoms with Gasteiger partial charge in [0.05, 0.1) is 17.5 Å². The molecule has 7 atom stereocenters. The Balaban J connectivity index is 1.41. The molecule has 1 amide bonds. The normalized spacial score (nSPS) is 39.3. The number of halogens is 1. The maximum absolute atomic E-state index is 15.0. The van der Waals surface area contributed by atoms with Crippen molar-refractivity contribution in [1.82, 2.24) is 10.2 Å². The lowest BCUT2D eigenvalue weighted by Crippen LogP contribution is -2.59. The minimum Gasteiger partial charge on any atom is -0.392 e. The predicted octanol–water partition coefficient (Wildman–Crippen LogP) is 1.99. The van der Waals surface area contributed by atoms with Crippen LogP contribution >= 0.6 is 11.8 Å². The minimum absolute atomic E-state index is 0.0225. The molecule has 29 heavy (non-hydrogen) atoms.